The van der Waals surface area contributed by atoms with Crippen molar-refractivity contribution in [3.8, 4) is 0 Å². The van der Waals surface area contributed by atoms with E-state index in [1.807, 2.05) is 17.5 Å². The van der Waals surface area contributed by atoms with Crippen LogP contribution in [0.3, 0.4) is 0 Å². The fourth-order valence-electron chi connectivity index (χ4n) is 1.68. The number of thiophene rings is 1. The summed E-state index contributed by atoms with van der Waals surface area (Å²) >= 11 is 1.52. The molecule has 0 saturated carbocycles. The van der Waals surface area contributed by atoms with Crippen molar-refractivity contribution in [1.82, 2.24) is 4.72 Å². The van der Waals surface area contributed by atoms with Crippen LogP contribution >= 0.6 is 11.3 Å². The average molecular weight is 297 g/mol. The summed E-state index contributed by atoms with van der Waals surface area (Å²) in [5, 5.41) is 10.9. The van der Waals surface area contributed by atoms with Gasteiger partial charge in [-0.05, 0) is 22.6 Å². The lowest BCUT2D eigenvalue weighted by molar-refractivity contribution is 0.282. The molecule has 0 saturated heterocycles. The highest BCUT2D eigenvalue weighted by atomic mass is 32.2. The summed E-state index contributed by atoms with van der Waals surface area (Å²) in [6.45, 7) is 0.232. The molecular formula is C13H15NO3S2. The first-order chi connectivity index (χ1) is 9.09. The maximum absolute atomic E-state index is 11.9. The molecule has 2 N–H and O–H groups in total. The SMILES string of the molecule is O=S(=O)(Cc1cccc(CO)c1)NCc1cccs1. The second-order valence-electron chi connectivity index (χ2n) is 4.14. The van der Waals surface area contributed by atoms with Crippen molar-refractivity contribution in [3.63, 3.8) is 0 Å². The van der Waals surface area contributed by atoms with Crippen molar-refractivity contribution >= 4 is 21.4 Å². The zero-order chi connectivity index (χ0) is 13.7. The molecular weight excluding hydrogens is 282 g/mol. The second-order valence-corrected chi connectivity index (χ2v) is 6.98. The van der Waals surface area contributed by atoms with Gasteiger partial charge in [-0.2, -0.15) is 0 Å². The molecule has 4 nitrogen and oxygen atoms in total. The van der Waals surface area contributed by atoms with Crippen molar-refractivity contribution in [2.45, 2.75) is 18.9 Å². The Bertz CT molecular complexity index is 621. The normalized spacial score (nSPS) is 11.6. The predicted molar refractivity (Wildman–Crippen MR) is 76.1 cm³/mol. The van der Waals surface area contributed by atoms with E-state index >= 15 is 0 Å². The van der Waals surface area contributed by atoms with Crippen LogP contribution in [-0.2, 0) is 28.9 Å². The molecule has 0 aliphatic heterocycles. The first-order valence-corrected chi connectivity index (χ1v) is 8.31. The van der Waals surface area contributed by atoms with Gasteiger partial charge in [-0.3, -0.25) is 0 Å². The van der Waals surface area contributed by atoms with E-state index in [1.165, 1.54) is 11.3 Å². The van der Waals surface area contributed by atoms with Gasteiger partial charge in [0.2, 0.25) is 10.0 Å². The Morgan fingerprint density at radius 3 is 2.63 bits per heavy atom. The fraction of sp³-hybridized carbons (Fsp3) is 0.231. The largest absolute Gasteiger partial charge is 0.392 e. The van der Waals surface area contributed by atoms with Crippen LogP contribution in [0.1, 0.15) is 16.0 Å². The van der Waals surface area contributed by atoms with Gasteiger partial charge in [0.1, 0.15) is 0 Å². The van der Waals surface area contributed by atoms with E-state index < -0.39 is 10.0 Å². The zero-order valence-corrected chi connectivity index (χ0v) is 11.9. The number of nitrogens with one attached hydrogen (secondary N) is 1. The van der Waals surface area contributed by atoms with Gasteiger partial charge < -0.3 is 5.11 Å². The minimum atomic E-state index is -3.36. The van der Waals surface area contributed by atoms with Crippen LogP contribution in [-0.4, -0.2) is 13.5 Å². The van der Waals surface area contributed by atoms with Crippen LogP contribution < -0.4 is 4.72 Å². The van der Waals surface area contributed by atoms with Crippen LogP contribution in [0.25, 0.3) is 0 Å². The number of sulfonamides is 1. The van der Waals surface area contributed by atoms with E-state index in [2.05, 4.69) is 4.72 Å². The molecule has 0 spiro atoms. The van der Waals surface area contributed by atoms with Gasteiger partial charge >= 0.3 is 0 Å². The third-order valence-electron chi connectivity index (χ3n) is 2.58. The summed E-state index contributed by atoms with van der Waals surface area (Å²) in [5.41, 5.74) is 1.39. The maximum Gasteiger partial charge on any atom is 0.216 e. The maximum atomic E-state index is 11.9. The predicted octanol–water partition coefficient (Wildman–Crippen LogP) is 1.86. The van der Waals surface area contributed by atoms with Gasteiger partial charge in [0.05, 0.1) is 12.4 Å². The molecule has 6 heteroatoms. The smallest absolute Gasteiger partial charge is 0.216 e. The van der Waals surface area contributed by atoms with Gasteiger partial charge in [-0.1, -0.05) is 30.3 Å². The van der Waals surface area contributed by atoms with Gasteiger partial charge in [-0.25, -0.2) is 13.1 Å². The number of benzene rings is 1. The first kappa shape index (κ1) is 14.2. The summed E-state index contributed by atoms with van der Waals surface area (Å²) in [7, 11) is -3.36. The van der Waals surface area contributed by atoms with Gasteiger partial charge in [0.25, 0.3) is 0 Å². The lowest BCUT2D eigenvalue weighted by atomic mass is 10.1. The van der Waals surface area contributed by atoms with Gasteiger partial charge in [0, 0.05) is 11.4 Å². The van der Waals surface area contributed by atoms with Crippen molar-refractivity contribution in [3.05, 3.63) is 57.8 Å². The summed E-state index contributed by atoms with van der Waals surface area (Å²) in [6.07, 6.45) is 0. The van der Waals surface area contributed by atoms with E-state index in [0.29, 0.717) is 17.7 Å². The quantitative estimate of drug-likeness (QED) is 0.855. The minimum Gasteiger partial charge on any atom is -0.392 e. The Hall–Kier alpha value is -1.21. The van der Waals surface area contributed by atoms with Crippen molar-refractivity contribution in [1.29, 1.82) is 0 Å². The van der Waals surface area contributed by atoms with Crippen LogP contribution in [0, 0.1) is 0 Å². The van der Waals surface area contributed by atoms with E-state index in [1.54, 1.807) is 24.3 Å². The summed E-state index contributed by atoms with van der Waals surface area (Å²) in [5.74, 6) is -0.0772. The molecule has 0 amide bonds. The molecule has 0 bridgehead atoms. The third kappa shape index (κ3) is 4.43. The number of hydrogen-bond donors (Lipinski definition) is 2. The van der Waals surface area contributed by atoms with Crippen LogP contribution in [0.4, 0.5) is 0 Å². The molecule has 2 rings (SSSR count). The molecule has 2 aromatic rings. The van der Waals surface area contributed by atoms with E-state index in [4.69, 9.17) is 5.11 Å². The van der Waals surface area contributed by atoms with E-state index in [0.717, 1.165) is 4.88 Å². The van der Waals surface area contributed by atoms with Crippen molar-refractivity contribution in [2.24, 2.45) is 0 Å². The lowest BCUT2D eigenvalue weighted by Gasteiger charge is -2.06. The van der Waals surface area contributed by atoms with Gasteiger partial charge in [0.15, 0.2) is 0 Å². The standard InChI is InChI=1S/C13H15NO3S2/c15-9-11-3-1-4-12(7-11)10-19(16,17)14-8-13-5-2-6-18-13/h1-7,14-15H,8-10H2. The fourth-order valence-corrected chi connectivity index (χ4v) is 3.51. The van der Waals surface area contributed by atoms with E-state index in [9.17, 15) is 8.42 Å². The highest BCUT2D eigenvalue weighted by Crippen LogP contribution is 2.11. The van der Waals surface area contributed by atoms with Crippen molar-refractivity contribution in [2.75, 3.05) is 0 Å². The Morgan fingerprint density at radius 2 is 1.95 bits per heavy atom. The second kappa shape index (κ2) is 6.29. The Labute approximate surface area is 116 Å². The van der Waals surface area contributed by atoms with Crippen LogP contribution in [0.2, 0.25) is 0 Å². The monoisotopic (exact) mass is 297 g/mol. The molecule has 1 heterocycles. The summed E-state index contributed by atoms with van der Waals surface area (Å²) in [4.78, 5) is 0.979. The van der Waals surface area contributed by atoms with Crippen molar-refractivity contribution < 1.29 is 13.5 Å². The minimum absolute atomic E-state index is 0.0772. The summed E-state index contributed by atoms with van der Waals surface area (Å²) < 4.78 is 26.4. The number of aliphatic hydroxyl groups excluding tert-OH is 1. The molecule has 0 aliphatic carbocycles. The van der Waals surface area contributed by atoms with Crippen LogP contribution in [0.15, 0.2) is 41.8 Å². The molecule has 0 unspecified atom stereocenters. The molecule has 0 aliphatic rings. The molecule has 0 fully saturated rings. The molecule has 19 heavy (non-hydrogen) atoms. The van der Waals surface area contributed by atoms with Crippen LogP contribution in [0.5, 0.6) is 0 Å². The van der Waals surface area contributed by atoms with E-state index in [-0.39, 0.29) is 12.4 Å². The molecule has 1 aromatic carbocycles. The average Bonchev–Trinajstić information content (AvgIpc) is 2.89. The molecule has 0 atom stereocenters. The molecule has 0 radical (unpaired) electrons. The number of aliphatic hydroxyl groups is 1. The Morgan fingerprint density at radius 1 is 1.16 bits per heavy atom. The Kier molecular flexibility index (Phi) is 4.71. The highest BCUT2D eigenvalue weighted by molar-refractivity contribution is 7.88. The topological polar surface area (TPSA) is 66.4 Å². The lowest BCUT2D eigenvalue weighted by Crippen LogP contribution is -2.24. The van der Waals surface area contributed by atoms with Gasteiger partial charge in [-0.15, -0.1) is 11.3 Å². The number of hydrogen-bond acceptors (Lipinski definition) is 4. The number of rotatable bonds is 6. The first-order valence-electron chi connectivity index (χ1n) is 5.77. The highest BCUT2D eigenvalue weighted by Gasteiger charge is 2.11. The molecule has 1 aromatic heterocycles. The molecule has 102 valence electrons. The third-order valence-corrected chi connectivity index (χ3v) is 4.75. The zero-order valence-electron chi connectivity index (χ0n) is 10.2. The Balaban J connectivity index is 2.00. The summed E-state index contributed by atoms with van der Waals surface area (Å²) in [6, 6.07) is 10.7.